The lowest BCUT2D eigenvalue weighted by atomic mass is 10.1. The van der Waals surface area contributed by atoms with Crippen LogP contribution in [0.25, 0.3) is 0 Å². The lowest BCUT2D eigenvalue weighted by Crippen LogP contribution is -2.30. The minimum absolute atomic E-state index is 0.0886. The maximum Gasteiger partial charge on any atom is 0.243 e. The highest BCUT2D eigenvalue weighted by Crippen LogP contribution is 2.31. The zero-order valence-corrected chi connectivity index (χ0v) is 14.8. The molecular formula is C19H24N2O3. The van der Waals surface area contributed by atoms with Crippen LogP contribution in [-0.4, -0.2) is 33.7 Å². The predicted octanol–water partition coefficient (Wildman–Crippen LogP) is 3.40. The molecule has 5 heteroatoms. The molecule has 0 aromatic heterocycles. The Bertz CT molecular complexity index is 729. The fraction of sp³-hybridized carbons (Fsp3) is 0.316. The number of nitrogens with zero attached hydrogens (tertiary/aromatic N) is 1. The van der Waals surface area contributed by atoms with Crippen molar-refractivity contribution in [3.63, 3.8) is 0 Å². The number of amides is 1. The fourth-order valence-electron chi connectivity index (χ4n) is 2.54. The number of likely N-dealkylation sites (N-methyl/N-ethyl adjacent to an activating group) is 1. The summed E-state index contributed by atoms with van der Waals surface area (Å²) < 4.78 is 10.6. The SMILES string of the molecule is COc1ccc(OC)c(N(C)CC(=O)Nc2ccc(C)cc2C)c1. The van der Waals surface area contributed by atoms with E-state index in [4.69, 9.17) is 9.47 Å². The normalized spacial score (nSPS) is 10.2. The van der Waals surface area contributed by atoms with Crippen LogP contribution in [0.3, 0.4) is 0 Å². The summed E-state index contributed by atoms with van der Waals surface area (Å²) >= 11 is 0. The second-order valence-corrected chi connectivity index (χ2v) is 5.76. The Labute approximate surface area is 143 Å². The minimum Gasteiger partial charge on any atom is -0.497 e. The number of carbonyl (C=O) groups is 1. The number of rotatable bonds is 6. The Hall–Kier alpha value is -2.69. The van der Waals surface area contributed by atoms with Gasteiger partial charge >= 0.3 is 0 Å². The lowest BCUT2D eigenvalue weighted by Gasteiger charge is -2.22. The molecule has 0 bridgehead atoms. The zero-order chi connectivity index (χ0) is 17.7. The fourth-order valence-corrected chi connectivity index (χ4v) is 2.54. The molecule has 1 N–H and O–H groups in total. The molecule has 0 aliphatic heterocycles. The third kappa shape index (κ3) is 4.19. The molecule has 128 valence electrons. The van der Waals surface area contributed by atoms with Gasteiger partial charge in [0.15, 0.2) is 0 Å². The third-order valence-electron chi connectivity index (χ3n) is 3.83. The molecule has 0 radical (unpaired) electrons. The standard InChI is InChI=1S/C19H24N2O3/c1-13-6-8-16(14(2)10-13)20-19(22)12-21(3)17-11-15(23-4)7-9-18(17)24-5/h6-11H,12H2,1-5H3,(H,20,22). The monoisotopic (exact) mass is 328 g/mol. The van der Waals surface area contributed by atoms with E-state index in [0.717, 1.165) is 16.9 Å². The highest BCUT2D eigenvalue weighted by molar-refractivity contribution is 5.95. The smallest absolute Gasteiger partial charge is 0.243 e. The van der Waals surface area contributed by atoms with Gasteiger partial charge in [-0.15, -0.1) is 0 Å². The van der Waals surface area contributed by atoms with Crippen molar-refractivity contribution in [3.8, 4) is 11.5 Å². The van der Waals surface area contributed by atoms with E-state index in [1.807, 2.05) is 62.2 Å². The maximum absolute atomic E-state index is 12.4. The molecule has 0 aliphatic carbocycles. The van der Waals surface area contributed by atoms with Crippen LogP contribution in [0, 0.1) is 13.8 Å². The molecule has 0 unspecified atom stereocenters. The molecule has 0 saturated heterocycles. The van der Waals surface area contributed by atoms with Gasteiger partial charge in [-0.1, -0.05) is 17.7 Å². The van der Waals surface area contributed by atoms with E-state index >= 15 is 0 Å². The van der Waals surface area contributed by atoms with Crippen molar-refractivity contribution in [2.45, 2.75) is 13.8 Å². The molecule has 0 fully saturated rings. The highest BCUT2D eigenvalue weighted by Gasteiger charge is 2.14. The predicted molar refractivity (Wildman–Crippen MR) is 97.4 cm³/mol. The molecule has 0 aliphatic rings. The number of benzene rings is 2. The van der Waals surface area contributed by atoms with Crippen LogP contribution in [0.1, 0.15) is 11.1 Å². The van der Waals surface area contributed by atoms with Crippen LogP contribution in [0.15, 0.2) is 36.4 Å². The van der Waals surface area contributed by atoms with Gasteiger partial charge in [0.05, 0.1) is 26.5 Å². The summed E-state index contributed by atoms with van der Waals surface area (Å²) in [5.74, 6) is 1.32. The van der Waals surface area contributed by atoms with Crippen LogP contribution in [0.5, 0.6) is 11.5 Å². The Morgan fingerprint density at radius 2 is 1.83 bits per heavy atom. The van der Waals surface area contributed by atoms with Crippen LogP contribution >= 0.6 is 0 Å². The summed E-state index contributed by atoms with van der Waals surface area (Å²) in [7, 11) is 5.06. The average Bonchev–Trinajstić information content (AvgIpc) is 2.56. The number of anilines is 2. The first-order chi connectivity index (χ1) is 11.4. The molecule has 24 heavy (non-hydrogen) atoms. The lowest BCUT2D eigenvalue weighted by molar-refractivity contribution is -0.114. The first-order valence-corrected chi connectivity index (χ1v) is 7.75. The highest BCUT2D eigenvalue weighted by atomic mass is 16.5. The van der Waals surface area contributed by atoms with Crippen molar-refractivity contribution < 1.29 is 14.3 Å². The number of nitrogens with one attached hydrogen (secondary N) is 1. The topological polar surface area (TPSA) is 50.8 Å². The van der Waals surface area contributed by atoms with Crippen molar-refractivity contribution in [2.75, 3.05) is 38.0 Å². The van der Waals surface area contributed by atoms with E-state index in [1.165, 1.54) is 5.56 Å². The Morgan fingerprint density at radius 3 is 2.46 bits per heavy atom. The molecule has 2 rings (SSSR count). The van der Waals surface area contributed by atoms with E-state index in [9.17, 15) is 4.79 Å². The first-order valence-electron chi connectivity index (χ1n) is 7.75. The molecule has 0 atom stereocenters. The van der Waals surface area contributed by atoms with Gasteiger partial charge in [-0.05, 0) is 37.6 Å². The number of methoxy groups -OCH3 is 2. The zero-order valence-electron chi connectivity index (χ0n) is 14.8. The summed E-state index contributed by atoms with van der Waals surface area (Å²) in [5, 5.41) is 2.95. The van der Waals surface area contributed by atoms with Crippen LogP contribution in [0.4, 0.5) is 11.4 Å². The van der Waals surface area contributed by atoms with Crippen molar-refractivity contribution in [1.29, 1.82) is 0 Å². The molecular weight excluding hydrogens is 304 g/mol. The van der Waals surface area contributed by atoms with Crippen LogP contribution < -0.4 is 19.7 Å². The summed E-state index contributed by atoms with van der Waals surface area (Å²) in [6.45, 7) is 4.22. The van der Waals surface area contributed by atoms with Gasteiger partial charge in [-0.2, -0.15) is 0 Å². The van der Waals surface area contributed by atoms with Gasteiger partial charge < -0.3 is 19.7 Å². The van der Waals surface area contributed by atoms with Gasteiger partial charge in [-0.25, -0.2) is 0 Å². The third-order valence-corrected chi connectivity index (χ3v) is 3.83. The molecule has 2 aromatic rings. The molecule has 5 nitrogen and oxygen atoms in total. The molecule has 0 heterocycles. The number of hydrogen-bond acceptors (Lipinski definition) is 4. The van der Waals surface area contributed by atoms with Crippen molar-refractivity contribution in [2.24, 2.45) is 0 Å². The Morgan fingerprint density at radius 1 is 1.08 bits per heavy atom. The maximum atomic E-state index is 12.4. The molecule has 2 aromatic carbocycles. The summed E-state index contributed by atoms with van der Waals surface area (Å²) in [5.41, 5.74) is 3.85. The Kier molecular flexibility index (Phi) is 5.68. The number of hydrogen-bond donors (Lipinski definition) is 1. The number of ether oxygens (including phenoxy) is 2. The minimum atomic E-state index is -0.0886. The van der Waals surface area contributed by atoms with E-state index in [0.29, 0.717) is 11.5 Å². The van der Waals surface area contributed by atoms with E-state index in [2.05, 4.69) is 5.32 Å². The number of aryl methyl sites for hydroxylation is 2. The van der Waals surface area contributed by atoms with Gasteiger partial charge in [0, 0.05) is 18.8 Å². The molecule has 0 spiro atoms. The Balaban J connectivity index is 2.11. The second kappa shape index (κ2) is 7.73. The van der Waals surface area contributed by atoms with Crippen LogP contribution in [0.2, 0.25) is 0 Å². The first kappa shape index (κ1) is 17.7. The summed E-state index contributed by atoms with van der Waals surface area (Å²) in [6.07, 6.45) is 0. The van der Waals surface area contributed by atoms with E-state index in [1.54, 1.807) is 14.2 Å². The van der Waals surface area contributed by atoms with Gasteiger partial charge in [0.2, 0.25) is 5.91 Å². The summed E-state index contributed by atoms with van der Waals surface area (Å²) in [6, 6.07) is 11.5. The van der Waals surface area contributed by atoms with E-state index < -0.39 is 0 Å². The van der Waals surface area contributed by atoms with Crippen molar-refractivity contribution >= 4 is 17.3 Å². The van der Waals surface area contributed by atoms with Gasteiger partial charge in [0.25, 0.3) is 0 Å². The van der Waals surface area contributed by atoms with Crippen LogP contribution in [-0.2, 0) is 4.79 Å². The van der Waals surface area contributed by atoms with Gasteiger partial charge in [-0.3, -0.25) is 4.79 Å². The molecule has 0 saturated carbocycles. The van der Waals surface area contributed by atoms with Crippen molar-refractivity contribution in [1.82, 2.24) is 0 Å². The number of carbonyl (C=O) groups excluding carboxylic acids is 1. The van der Waals surface area contributed by atoms with Crippen molar-refractivity contribution in [3.05, 3.63) is 47.5 Å². The van der Waals surface area contributed by atoms with Gasteiger partial charge in [0.1, 0.15) is 11.5 Å². The largest absolute Gasteiger partial charge is 0.497 e. The van der Waals surface area contributed by atoms with E-state index in [-0.39, 0.29) is 12.5 Å². The summed E-state index contributed by atoms with van der Waals surface area (Å²) in [4.78, 5) is 14.2. The average molecular weight is 328 g/mol. The second-order valence-electron chi connectivity index (χ2n) is 5.76. The quantitative estimate of drug-likeness (QED) is 0.883. The molecule has 1 amide bonds.